The van der Waals surface area contributed by atoms with Crippen molar-refractivity contribution in [3.63, 3.8) is 0 Å². The maximum atomic E-state index is 17.0. The Labute approximate surface area is 224 Å². The Balaban J connectivity index is 1.61. The van der Waals surface area contributed by atoms with E-state index in [1.807, 2.05) is 11.5 Å². The van der Waals surface area contributed by atoms with Crippen molar-refractivity contribution < 1.29 is 8.91 Å². The maximum Gasteiger partial charge on any atom is 0.439 e. The molecule has 0 bridgehead atoms. The van der Waals surface area contributed by atoms with Gasteiger partial charge in [0.1, 0.15) is 17.0 Å². The van der Waals surface area contributed by atoms with E-state index in [1.165, 1.54) is 0 Å². The fourth-order valence-electron chi connectivity index (χ4n) is 6.12. The van der Waals surface area contributed by atoms with E-state index < -0.39 is 11.4 Å². The average Bonchev–Trinajstić information content (AvgIpc) is 3.51. The van der Waals surface area contributed by atoms with Crippen molar-refractivity contribution in [1.82, 2.24) is 34.6 Å². The van der Waals surface area contributed by atoms with Crippen LogP contribution in [0.3, 0.4) is 0 Å². The van der Waals surface area contributed by atoms with Gasteiger partial charge in [-0.2, -0.15) is 0 Å². The number of hydrogen-bond acceptors (Lipinski definition) is 7. The third-order valence-electron chi connectivity index (χ3n) is 8.39. The normalized spacial score (nSPS) is 26.2. The molecule has 200 valence electrons. The molecule has 2 unspecified atom stereocenters. The molecule has 6 rings (SSSR count). The number of hydrogen-bond donors (Lipinski definition) is 1. The molecule has 0 saturated heterocycles. The van der Waals surface area contributed by atoms with E-state index in [2.05, 4.69) is 27.0 Å². The Kier molecular flexibility index (Phi) is 6.53. The monoisotopic (exact) mass is 539 g/mol. The highest BCUT2D eigenvalue weighted by Crippen LogP contribution is 2.46. The number of halogens is 2. The van der Waals surface area contributed by atoms with Gasteiger partial charge >= 0.3 is 5.76 Å². The van der Waals surface area contributed by atoms with Gasteiger partial charge in [-0.3, -0.25) is 14.5 Å². The second-order valence-corrected chi connectivity index (χ2v) is 11.5. The summed E-state index contributed by atoms with van der Waals surface area (Å²) in [6.45, 7) is 4.91. The number of fused-ring (bicyclic) bond motifs is 1. The van der Waals surface area contributed by atoms with Crippen LogP contribution in [0.1, 0.15) is 71.0 Å². The lowest BCUT2D eigenvalue weighted by Gasteiger charge is -2.36. The number of rotatable bonds is 5. The molecule has 0 amide bonds. The van der Waals surface area contributed by atoms with E-state index in [0.717, 1.165) is 44.9 Å². The van der Waals surface area contributed by atoms with Crippen molar-refractivity contribution in [2.75, 3.05) is 0 Å². The zero-order chi connectivity index (χ0) is 26.4. The molecule has 4 heterocycles. The van der Waals surface area contributed by atoms with Gasteiger partial charge in [0.2, 0.25) is 11.6 Å². The molecule has 2 fully saturated rings. The van der Waals surface area contributed by atoms with E-state index in [9.17, 15) is 4.79 Å². The third kappa shape index (κ3) is 4.52. The first-order chi connectivity index (χ1) is 18.3. The molecule has 2 aliphatic carbocycles. The highest BCUT2D eigenvalue weighted by molar-refractivity contribution is 6.30. The van der Waals surface area contributed by atoms with Crippen LogP contribution in [-0.4, -0.2) is 34.6 Å². The van der Waals surface area contributed by atoms with E-state index in [1.54, 1.807) is 18.5 Å². The predicted octanol–water partition coefficient (Wildman–Crippen LogP) is 6.09. The smallest absolute Gasteiger partial charge is 0.322 e. The zero-order valence-electron chi connectivity index (χ0n) is 21.6. The van der Waals surface area contributed by atoms with Crippen LogP contribution in [0.5, 0.6) is 0 Å². The minimum absolute atomic E-state index is 0.0755. The van der Waals surface area contributed by atoms with Crippen molar-refractivity contribution in [3.8, 4) is 22.9 Å². The van der Waals surface area contributed by atoms with Gasteiger partial charge in [0.05, 0.1) is 5.02 Å². The van der Waals surface area contributed by atoms with Gasteiger partial charge in [0, 0.05) is 24.5 Å². The maximum absolute atomic E-state index is 17.0. The molecule has 2 atom stereocenters. The summed E-state index contributed by atoms with van der Waals surface area (Å²) in [5, 5.41) is 4.22. The number of aromatic amines is 1. The van der Waals surface area contributed by atoms with Crippen LogP contribution in [0.4, 0.5) is 4.39 Å². The van der Waals surface area contributed by atoms with Crippen molar-refractivity contribution in [1.29, 1.82) is 0 Å². The summed E-state index contributed by atoms with van der Waals surface area (Å²) in [4.78, 5) is 32.7. The minimum atomic E-state index is -1.58. The zero-order valence-corrected chi connectivity index (χ0v) is 22.3. The summed E-state index contributed by atoms with van der Waals surface area (Å²) in [7, 11) is 0. The molecule has 0 spiro atoms. The van der Waals surface area contributed by atoms with Crippen LogP contribution in [0.15, 0.2) is 27.8 Å². The van der Waals surface area contributed by atoms with Crippen LogP contribution < -0.4 is 5.76 Å². The fourth-order valence-corrected chi connectivity index (χ4v) is 6.29. The number of H-pyrrole nitrogens is 1. The Morgan fingerprint density at radius 3 is 2.66 bits per heavy atom. The molecule has 1 N–H and O–H groups in total. The minimum Gasteiger partial charge on any atom is -0.322 e. The Morgan fingerprint density at radius 1 is 1.13 bits per heavy atom. The molecule has 11 heteroatoms. The van der Waals surface area contributed by atoms with Crippen molar-refractivity contribution in [2.45, 2.75) is 77.4 Å². The lowest BCUT2D eigenvalue weighted by Crippen LogP contribution is -2.36. The standard InChI is InChI=1S/C27H31ClFN7O2/c1-15-6-8-17(9-7-15)14-36-21-20(18-11-19(28)13-30-12-18)31-23(24-34-26(37)38-35-24)32-22(21)33-25(36)27(29)10-4-3-5-16(27)2/h11-13,15-17H,3-10,14H2,1-2H3,(H,34,35,37). The average molecular weight is 540 g/mol. The summed E-state index contributed by atoms with van der Waals surface area (Å²) in [6, 6.07) is 1.76. The molecule has 2 saturated carbocycles. The second-order valence-electron chi connectivity index (χ2n) is 11.1. The molecule has 0 aromatic carbocycles. The number of nitrogens with zero attached hydrogens (tertiary/aromatic N) is 6. The Morgan fingerprint density at radius 2 is 1.95 bits per heavy atom. The SMILES string of the molecule is CC1CCC(Cn2c(C3(F)CCCCC3C)nc3nc(-c4noc(=O)[nH]4)nc(-c4cncc(Cl)c4)c32)CC1. The topological polar surface area (TPSA) is 115 Å². The lowest BCUT2D eigenvalue weighted by molar-refractivity contribution is 0.0312. The summed E-state index contributed by atoms with van der Waals surface area (Å²) in [6.07, 6.45) is 10.8. The molecule has 2 aliphatic rings. The number of alkyl halides is 1. The van der Waals surface area contributed by atoms with Crippen LogP contribution >= 0.6 is 11.6 Å². The molecular formula is C27H31ClFN7O2. The molecule has 4 aromatic rings. The second kappa shape index (κ2) is 9.87. The first-order valence-corrected chi connectivity index (χ1v) is 13.8. The van der Waals surface area contributed by atoms with E-state index in [-0.39, 0.29) is 17.6 Å². The summed E-state index contributed by atoms with van der Waals surface area (Å²) in [5.74, 6) is 0.841. The molecule has 0 aliphatic heterocycles. The van der Waals surface area contributed by atoms with E-state index in [0.29, 0.717) is 58.1 Å². The van der Waals surface area contributed by atoms with Gasteiger partial charge in [-0.05, 0) is 55.9 Å². The van der Waals surface area contributed by atoms with Crippen molar-refractivity contribution in [3.05, 3.63) is 39.9 Å². The first-order valence-electron chi connectivity index (χ1n) is 13.5. The summed E-state index contributed by atoms with van der Waals surface area (Å²) >= 11 is 6.32. The highest BCUT2D eigenvalue weighted by atomic mass is 35.5. The van der Waals surface area contributed by atoms with Crippen molar-refractivity contribution >= 4 is 22.8 Å². The highest BCUT2D eigenvalue weighted by Gasteiger charge is 2.45. The van der Waals surface area contributed by atoms with Gasteiger partial charge in [-0.25, -0.2) is 24.1 Å². The molecule has 38 heavy (non-hydrogen) atoms. The first kappa shape index (κ1) is 25.2. The van der Waals surface area contributed by atoms with Crippen molar-refractivity contribution in [2.24, 2.45) is 17.8 Å². The number of aromatic nitrogens is 7. The quantitative estimate of drug-likeness (QED) is 0.326. The number of nitrogens with one attached hydrogen (secondary N) is 1. The number of pyridine rings is 1. The van der Waals surface area contributed by atoms with Gasteiger partial charge in [-0.15, -0.1) is 0 Å². The van der Waals surface area contributed by atoms with Gasteiger partial charge in [-0.1, -0.05) is 49.9 Å². The number of imidazole rings is 1. The largest absolute Gasteiger partial charge is 0.439 e. The van der Waals surface area contributed by atoms with Gasteiger partial charge in [0.25, 0.3) is 0 Å². The molecule has 4 aromatic heterocycles. The lowest BCUT2D eigenvalue weighted by atomic mass is 9.77. The summed E-state index contributed by atoms with van der Waals surface area (Å²) < 4.78 is 23.7. The van der Waals surface area contributed by atoms with Gasteiger partial charge in [0.15, 0.2) is 11.3 Å². The molecule has 0 radical (unpaired) electrons. The molecular weight excluding hydrogens is 509 g/mol. The fraction of sp³-hybridized carbons (Fsp3) is 0.556. The van der Waals surface area contributed by atoms with Crippen LogP contribution in [0.2, 0.25) is 5.02 Å². The molecule has 9 nitrogen and oxygen atoms in total. The Hall–Kier alpha value is -3.14. The van der Waals surface area contributed by atoms with Gasteiger partial charge < -0.3 is 4.57 Å². The van der Waals surface area contributed by atoms with Crippen LogP contribution in [0, 0.1) is 17.8 Å². The van der Waals surface area contributed by atoms with Crippen LogP contribution in [-0.2, 0) is 12.2 Å². The summed E-state index contributed by atoms with van der Waals surface area (Å²) in [5.41, 5.74) is 0.577. The third-order valence-corrected chi connectivity index (χ3v) is 8.60. The predicted molar refractivity (Wildman–Crippen MR) is 141 cm³/mol. The Bertz CT molecular complexity index is 1520. The van der Waals surface area contributed by atoms with E-state index in [4.69, 9.17) is 26.1 Å². The van der Waals surface area contributed by atoms with E-state index >= 15 is 4.39 Å². The van der Waals surface area contributed by atoms with Crippen LogP contribution in [0.25, 0.3) is 34.1 Å².